The standard InChI is InChI=1S/C18H16ClF5N2O/c19-13-5-6-14(20)15(16(13)21)17(26-9-7-25-8-10-26)11-1-3-12(4-2-11)27-18(22,23)24/h1-6,17,25H,7-10H2/t17-/m0/s1. The number of rotatable bonds is 4. The van der Waals surface area contributed by atoms with E-state index in [0.717, 1.165) is 24.3 Å². The van der Waals surface area contributed by atoms with Gasteiger partial charge in [0.15, 0.2) is 0 Å². The minimum absolute atomic E-state index is 0.219. The van der Waals surface area contributed by atoms with Crippen LogP contribution in [0, 0.1) is 11.6 Å². The van der Waals surface area contributed by atoms with Crippen molar-refractivity contribution in [1.29, 1.82) is 0 Å². The van der Waals surface area contributed by atoms with Gasteiger partial charge in [-0.1, -0.05) is 23.7 Å². The molecule has 0 bridgehead atoms. The molecule has 0 spiro atoms. The van der Waals surface area contributed by atoms with Gasteiger partial charge in [-0.3, -0.25) is 4.90 Å². The summed E-state index contributed by atoms with van der Waals surface area (Å²) in [6.45, 7) is 2.26. The second kappa shape index (κ2) is 8.00. The predicted molar refractivity (Wildman–Crippen MR) is 90.8 cm³/mol. The molecule has 0 aliphatic carbocycles. The zero-order valence-electron chi connectivity index (χ0n) is 14.0. The monoisotopic (exact) mass is 406 g/mol. The summed E-state index contributed by atoms with van der Waals surface area (Å²) in [6.07, 6.45) is -4.81. The van der Waals surface area contributed by atoms with Crippen molar-refractivity contribution in [2.75, 3.05) is 26.2 Å². The van der Waals surface area contributed by atoms with E-state index in [4.69, 9.17) is 11.6 Å². The van der Waals surface area contributed by atoms with Gasteiger partial charge in [-0.2, -0.15) is 0 Å². The van der Waals surface area contributed by atoms with Crippen molar-refractivity contribution in [3.05, 3.63) is 64.2 Å². The maximum atomic E-state index is 14.7. The van der Waals surface area contributed by atoms with E-state index in [1.54, 1.807) is 0 Å². The summed E-state index contributed by atoms with van der Waals surface area (Å²) in [4.78, 5) is 1.86. The number of nitrogens with zero attached hydrogens (tertiary/aromatic N) is 1. The van der Waals surface area contributed by atoms with Crippen LogP contribution in [-0.2, 0) is 0 Å². The molecule has 1 aliphatic heterocycles. The molecule has 1 N–H and O–H groups in total. The quantitative estimate of drug-likeness (QED) is 0.597. The Hall–Kier alpha value is -1.90. The fourth-order valence-electron chi connectivity index (χ4n) is 3.15. The van der Waals surface area contributed by atoms with Crippen LogP contribution in [0.5, 0.6) is 5.75 Å². The van der Waals surface area contributed by atoms with Gasteiger partial charge in [0, 0.05) is 31.7 Å². The molecule has 0 unspecified atom stereocenters. The topological polar surface area (TPSA) is 24.5 Å². The maximum absolute atomic E-state index is 14.7. The van der Waals surface area contributed by atoms with Gasteiger partial charge in [0.25, 0.3) is 0 Å². The third-order valence-corrected chi connectivity index (χ3v) is 4.59. The highest BCUT2D eigenvalue weighted by molar-refractivity contribution is 6.30. The van der Waals surface area contributed by atoms with Crippen molar-refractivity contribution < 1.29 is 26.7 Å². The second-order valence-electron chi connectivity index (χ2n) is 6.06. The Morgan fingerprint density at radius 2 is 1.63 bits per heavy atom. The fraction of sp³-hybridized carbons (Fsp3) is 0.333. The lowest BCUT2D eigenvalue weighted by atomic mass is 9.95. The lowest BCUT2D eigenvalue weighted by Gasteiger charge is -2.36. The van der Waals surface area contributed by atoms with E-state index in [1.165, 1.54) is 12.1 Å². The number of ether oxygens (including phenoxy) is 1. The van der Waals surface area contributed by atoms with Crippen LogP contribution in [0.3, 0.4) is 0 Å². The molecule has 146 valence electrons. The van der Waals surface area contributed by atoms with Crippen molar-refractivity contribution in [3.8, 4) is 5.75 Å². The molecule has 9 heteroatoms. The van der Waals surface area contributed by atoms with Crippen LogP contribution in [0.15, 0.2) is 36.4 Å². The van der Waals surface area contributed by atoms with Crippen LogP contribution in [-0.4, -0.2) is 37.4 Å². The Balaban J connectivity index is 2.02. The predicted octanol–water partition coefficient (Wildman–Crippen LogP) is 4.51. The summed E-state index contributed by atoms with van der Waals surface area (Å²) in [5, 5.41) is 2.93. The van der Waals surface area contributed by atoms with Gasteiger partial charge in [0.2, 0.25) is 0 Å². The van der Waals surface area contributed by atoms with E-state index in [0.29, 0.717) is 31.7 Å². The molecular formula is C18H16ClF5N2O. The molecule has 2 aromatic rings. The Bertz CT molecular complexity index is 792. The molecule has 0 aromatic heterocycles. The summed E-state index contributed by atoms with van der Waals surface area (Å²) < 4.78 is 70.1. The molecule has 2 aromatic carbocycles. The van der Waals surface area contributed by atoms with Gasteiger partial charge in [0.05, 0.1) is 11.1 Å². The molecule has 1 aliphatic rings. The van der Waals surface area contributed by atoms with E-state index in [1.807, 2.05) is 4.90 Å². The molecule has 1 atom stereocenters. The van der Waals surface area contributed by atoms with E-state index in [2.05, 4.69) is 10.1 Å². The minimum atomic E-state index is -4.81. The third-order valence-electron chi connectivity index (χ3n) is 4.30. The lowest BCUT2D eigenvalue weighted by Crippen LogP contribution is -2.45. The summed E-state index contributed by atoms with van der Waals surface area (Å²) in [5.41, 5.74) is 0.209. The molecule has 1 heterocycles. The number of hydrogen-bond donors (Lipinski definition) is 1. The normalized spacial score (nSPS) is 17.0. The molecule has 27 heavy (non-hydrogen) atoms. The van der Waals surface area contributed by atoms with Crippen molar-refractivity contribution >= 4 is 11.6 Å². The Morgan fingerprint density at radius 1 is 1.00 bits per heavy atom. The summed E-state index contributed by atoms with van der Waals surface area (Å²) in [7, 11) is 0. The zero-order chi connectivity index (χ0) is 19.6. The Labute approximate surface area is 157 Å². The molecule has 3 rings (SSSR count). The number of nitrogens with one attached hydrogen (secondary N) is 1. The number of halogens is 6. The molecule has 1 fully saturated rings. The second-order valence-corrected chi connectivity index (χ2v) is 6.47. The van der Waals surface area contributed by atoms with E-state index < -0.39 is 29.8 Å². The van der Waals surface area contributed by atoms with Gasteiger partial charge < -0.3 is 10.1 Å². The van der Waals surface area contributed by atoms with Crippen molar-refractivity contribution in [3.63, 3.8) is 0 Å². The first-order valence-corrected chi connectivity index (χ1v) is 8.58. The van der Waals surface area contributed by atoms with Crippen LogP contribution in [0.2, 0.25) is 5.02 Å². The average molecular weight is 407 g/mol. The molecule has 0 saturated carbocycles. The SMILES string of the molecule is Fc1ccc(Cl)c(F)c1[C@H](c1ccc(OC(F)(F)F)cc1)N1CCNCC1. The number of hydrogen-bond acceptors (Lipinski definition) is 3. The van der Waals surface area contributed by atoms with E-state index in [-0.39, 0.29) is 10.6 Å². The van der Waals surface area contributed by atoms with Crippen molar-refractivity contribution in [2.45, 2.75) is 12.4 Å². The highest BCUT2D eigenvalue weighted by Gasteiger charge is 2.32. The molecular weight excluding hydrogens is 391 g/mol. The van der Waals surface area contributed by atoms with Gasteiger partial charge in [-0.25, -0.2) is 8.78 Å². The third kappa shape index (κ3) is 4.69. The maximum Gasteiger partial charge on any atom is 0.573 e. The molecule has 1 saturated heterocycles. The van der Waals surface area contributed by atoms with E-state index >= 15 is 0 Å². The highest BCUT2D eigenvalue weighted by atomic mass is 35.5. The van der Waals surface area contributed by atoms with Crippen LogP contribution < -0.4 is 10.1 Å². The van der Waals surface area contributed by atoms with Crippen LogP contribution in [0.1, 0.15) is 17.2 Å². The summed E-state index contributed by atoms with van der Waals surface area (Å²) >= 11 is 5.84. The summed E-state index contributed by atoms with van der Waals surface area (Å²) in [6, 6.07) is 6.37. The van der Waals surface area contributed by atoms with Gasteiger partial charge in [-0.15, -0.1) is 13.2 Å². The first-order chi connectivity index (χ1) is 12.8. The Kier molecular flexibility index (Phi) is 5.88. The molecule has 0 radical (unpaired) electrons. The summed E-state index contributed by atoms with van der Waals surface area (Å²) in [5.74, 6) is -2.05. The van der Waals surface area contributed by atoms with Crippen LogP contribution in [0.25, 0.3) is 0 Å². The lowest BCUT2D eigenvalue weighted by molar-refractivity contribution is -0.274. The molecule has 0 amide bonds. The van der Waals surface area contributed by atoms with Gasteiger partial charge in [-0.05, 0) is 29.8 Å². The minimum Gasteiger partial charge on any atom is -0.406 e. The highest BCUT2D eigenvalue weighted by Crippen LogP contribution is 2.36. The first-order valence-electron chi connectivity index (χ1n) is 8.20. The van der Waals surface area contributed by atoms with Crippen molar-refractivity contribution in [1.82, 2.24) is 10.2 Å². The smallest absolute Gasteiger partial charge is 0.406 e. The first kappa shape index (κ1) is 19.9. The number of piperazine rings is 1. The van der Waals surface area contributed by atoms with Crippen LogP contribution >= 0.6 is 11.6 Å². The average Bonchev–Trinajstić information content (AvgIpc) is 2.62. The van der Waals surface area contributed by atoms with Crippen molar-refractivity contribution in [2.24, 2.45) is 0 Å². The fourth-order valence-corrected chi connectivity index (χ4v) is 3.31. The van der Waals surface area contributed by atoms with Gasteiger partial charge >= 0.3 is 6.36 Å². The number of benzene rings is 2. The number of alkyl halides is 3. The molecule has 3 nitrogen and oxygen atoms in total. The van der Waals surface area contributed by atoms with Crippen LogP contribution in [0.4, 0.5) is 22.0 Å². The Morgan fingerprint density at radius 3 is 2.22 bits per heavy atom. The van der Waals surface area contributed by atoms with E-state index in [9.17, 15) is 22.0 Å². The van der Waals surface area contributed by atoms with Gasteiger partial charge in [0.1, 0.15) is 17.4 Å². The largest absolute Gasteiger partial charge is 0.573 e. The zero-order valence-corrected chi connectivity index (χ0v) is 14.7.